The Labute approximate surface area is 153 Å². The zero-order valence-corrected chi connectivity index (χ0v) is 14.8. The number of nitrogens with zero attached hydrogens (tertiary/aromatic N) is 1. The van der Waals surface area contributed by atoms with Crippen LogP contribution in [0.3, 0.4) is 0 Å². The van der Waals surface area contributed by atoms with Crippen LogP contribution in [0.15, 0.2) is 60.7 Å². The van der Waals surface area contributed by atoms with E-state index in [4.69, 9.17) is 9.47 Å². The Bertz CT molecular complexity index is 732. The summed E-state index contributed by atoms with van der Waals surface area (Å²) < 4.78 is 10.8. The van der Waals surface area contributed by atoms with Gasteiger partial charge in [0.15, 0.2) is 0 Å². The molecular formula is C21H23NO4. The van der Waals surface area contributed by atoms with Crippen LogP contribution in [-0.4, -0.2) is 35.7 Å². The van der Waals surface area contributed by atoms with Gasteiger partial charge in [0.2, 0.25) is 0 Å². The monoisotopic (exact) mass is 353 g/mol. The molecule has 1 fully saturated rings. The van der Waals surface area contributed by atoms with Crippen LogP contribution in [0.25, 0.3) is 0 Å². The maximum atomic E-state index is 12.4. The lowest BCUT2D eigenvalue weighted by Gasteiger charge is -2.08. The van der Waals surface area contributed by atoms with Crippen molar-refractivity contribution in [2.75, 3.05) is 6.61 Å². The van der Waals surface area contributed by atoms with E-state index in [1.807, 2.05) is 36.4 Å². The standard InChI is InChI=1S/C21H23NO4/c1-2-9-18-19(15-25-20(23)17-12-7-4-8-13-17)22(18)21(24)26-14-16-10-5-3-6-11-16/h3-8,10-13,18-19H,2,9,14-15H2,1H3/t18-,19-,22?/m1/s1. The van der Waals surface area contributed by atoms with Crippen LogP contribution in [0.4, 0.5) is 4.79 Å². The second kappa shape index (κ2) is 8.52. The highest BCUT2D eigenvalue weighted by atomic mass is 16.6. The topological polar surface area (TPSA) is 55.6 Å². The molecule has 26 heavy (non-hydrogen) atoms. The number of hydrogen-bond donors (Lipinski definition) is 0. The van der Waals surface area contributed by atoms with Crippen LogP contribution >= 0.6 is 0 Å². The van der Waals surface area contributed by atoms with Crippen LogP contribution in [0.2, 0.25) is 0 Å². The number of carbonyl (C=O) groups excluding carboxylic acids is 2. The zero-order valence-electron chi connectivity index (χ0n) is 14.8. The summed E-state index contributed by atoms with van der Waals surface area (Å²) >= 11 is 0. The fraction of sp³-hybridized carbons (Fsp3) is 0.333. The lowest BCUT2D eigenvalue weighted by Crippen LogP contribution is -2.19. The number of carbonyl (C=O) groups is 2. The van der Waals surface area contributed by atoms with Crippen LogP contribution < -0.4 is 0 Å². The average Bonchev–Trinajstić information content (AvgIpc) is 3.38. The molecule has 1 heterocycles. The molecule has 2 atom stereocenters. The highest BCUT2D eigenvalue weighted by Crippen LogP contribution is 2.33. The third-order valence-electron chi connectivity index (χ3n) is 4.46. The first kappa shape index (κ1) is 18.0. The van der Waals surface area contributed by atoms with E-state index in [1.165, 1.54) is 0 Å². The zero-order chi connectivity index (χ0) is 18.4. The molecule has 0 aromatic heterocycles. The van der Waals surface area contributed by atoms with E-state index < -0.39 is 0 Å². The van der Waals surface area contributed by atoms with Crippen LogP contribution in [-0.2, 0) is 16.1 Å². The van der Waals surface area contributed by atoms with E-state index in [-0.39, 0.29) is 37.4 Å². The van der Waals surface area contributed by atoms with Crippen molar-refractivity contribution in [2.45, 2.75) is 38.5 Å². The Morgan fingerprint density at radius 2 is 1.58 bits per heavy atom. The molecular weight excluding hydrogens is 330 g/mol. The predicted octanol–water partition coefficient (Wildman–Crippen LogP) is 4.03. The number of esters is 1. The minimum Gasteiger partial charge on any atom is -0.460 e. The molecule has 0 radical (unpaired) electrons. The maximum absolute atomic E-state index is 12.4. The Balaban J connectivity index is 1.51. The lowest BCUT2D eigenvalue weighted by atomic mass is 10.2. The molecule has 3 rings (SSSR count). The van der Waals surface area contributed by atoms with Gasteiger partial charge in [-0.05, 0) is 24.1 Å². The molecule has 5 heteroatoms. The molecule has 5 nitrogen and oxygen atoms in total. The van der Waals surface area contributed by atoms with Crippen molar-refractivity contribution < 1.29 is 19.1 Å². The van der Waals surface area contributed by atoms with Gasteiger partial charge in [-0.15, -0.1) is 0 Å². The number of rotatable bonds is 7. The van der Waals surface area contributed by atoms with E-state index in [0.29, 0.717) is 5.56 Å². The molecule has 0 N–H and O–H groups in total. The van der Waals surface area contributed by atoms with Crippen LogP contribution in [0.1, 0.15) is 35.7 Å². The van der Waals surface area contributed by atoms with E-state index in [2.05, 4.69) is 6.92 Å². The van der Waals surface area contributed by atoms with Gasteiger partial charge in [0.1, 0.15) is 13.2 Å². The largest absolute Gasteiger partial charge is 0.460 e. The van der Waals surface area contributed by atoms with E-state index >= 15 is 0 Å². The van der Waals surface area contributed by atoms with Crippen molar-refractivity contribution >= 4 is 12.1 Å². The molecule has 0 bridgehead atoms. The molecule has 1 aliphatic heterocycles. The van der Waals surface area contributed by atoms with Gasteiger partial charge in [0, 0.05) is 0 Å². The van der Waals surface area contributed by atoms with Gasteiger partial charge >= 0.3 is 12.1 Å². The van der Waals surface area contributed by atoms with Gasteiger partial charge < -0.3 is 9.47 Å². The molecule has 0 unspecified atom stereocenters. The van der Waals surface area contributed by atoms with Gasteiger partial charge in [-0.1, -0.05) is 61.9 Å². The highest BCUT2D eigenvalue weighted by Gasteiger charge is 2.51. The Kier molecular flexibility index (Phi) is 5.89. The SMILES string of the molecule is CCC[C@@H]1[C@@H](COC(=O)c2ccccc2)N1C(=O)OCc1ccccc1. The Hall–Kier alpha value is -2.82. The van der Waals surface area contributed by atoms with Crippen molar-refractivity contribution in [1.29, 1.82) is 0 Å². The van der Waals surface area contributed by atoms with Gasteiger partial charge in [0.05, 0.1) is 17.6 Å². The third kappa shape index (κ3) is 4.42. The van der Waals surface area contributed by atoms with Crippen molar-refractivity contribution in [3.63, 3.8) is 0 Å². The Morgan fingerprint density at radius 3 is 2.23 bits per heavy atom. The van der Waals surface area contributed by atoms with Crippen molar-refractivity contribution in [3.8, 4) is 0 Å². The van der Waals surface area contributed by atoms with Gasteiger partial charge in [-0.25, -0.2) is 9.59 Å². The summed E-state index contributed by atoms with van der Waals surface area (Å²) in [6.07, 6.45) is 1.47. The summed E-state index contributed by atoms with van der Waals surface area (Å²) in [5.41, 5.74) is 1.46. The van der Waals surface area contributed by atoms with Crippen molar-refractivity contribution in [2.24, 2.45) is 0 Å². The number of benzene rings is 2. The molecule has 0 spiro atoms. The summed E-state index contributed by atoms with van der Waals surface area (Å²) in [7, 11) is 0. The summed E-state index contributed by atoms with van der Waals surface area (Å²) in [6.45, 7) is 2.50. The minimum atomic E-state index is -0.370. The smallest absolute Gasteiger partial charge is 0.410 e. The number of ether oxygens (including phenoxy) is 2. The van der Waals surface area contributed by atoms with Gasteiger partial charge in [0.25, 0.3) is 0 Å². The molecule has 2 aromatic rings. The first-order valence-corrected chi connectivity index (χ1v) is 8.92. The molecule has 2 aromatic carbocycles. The predicted molar refractivity (Wildman–Crippen MR) is 97.7 cm³/mol. The average molecular weight is 353 g/mol. The number of hydrogen-bond acceptors (Lipinski definition) is 4. The molecule has 0 saturated carbocycles. The summed E-state index contributed by atoms with van der Waals surface area (Å²) in [5.74, 6) is -0.370. The van der Waals surface area contributed by atoms with Gasteiger partial charge in [-0.2, -0.15) is 0 Å². The van der Waals surface area contributed by atoms with E-state index in [9.17, 15) is 9.59 Å². The molecule has 1 saturated heterocycles. The molecule has 0 aliphatic carbocycles. The second-order valence-electron chi connectivity index (χ2n) is 6.34. The van der Waals surface area contributed by atoms with Gasteiger partial charge in [-0.3, -0.25) is 4.90 Å². The summed E-state index contributed by atoms with van der Waals surface area (Å²) in [4.78, 5) is 26.1. The first-order chi connectivity index (χ1) is 12.7. The molecule has 1 aliphatic rings. The highest BCUT2D eigenvalue weighted by molar-refractivity contribution is 5.89. The minimum absolute atomic E-state index is 0.0758. The quantitative estimate of drug-likeness (QED) is 0.557. The fourth-order valence-electron chi connectivity index (χ4n) is 3.04. The maximum Gasteiger partial charge on any atom is 0.410 e. The number of amides is 1. The molecule has 1 amide bonds. The summed E-state index contributed by atoms with van der Waals surface area (Å²) in [5, 5.41) is 0. The Morgan fingerprint density at radius 1 is 0.923 bits per heavy atom. The fourth-order valence-corrected chi connectivity index (χ4v) is 3.04. The van der Waals surface area contributed by atoms with E-state index in [0.717, 1.165) is 18.4 Å². The van der Waals surface area contributed by atoms with Crippen LogP contribution in [0.5, 0.6) is 0 Å². The second-order valence-corrected chi connectivity index (χ2v) is 6.34. The van der Waals surface area contributed by atoms with Crippen molar-refractivity contribution in [1.82, 2.24) is 4.90 Å². The summed E-state index contributed by atoms with van der Waals surface area (Å²) in [6, 6.07) is 18.4. The third-order valence-corrected chi connectivity index (χ3v) is 4.46. The van der Waals surface area contributed by atoms with Crippen molar-refractivity contribution in [3.05, 3.63) is 71.8 Å². The first-order valence-electron chi connectivity index (χ1n) is 8.92. The van der Waals surface area contributed by atoms with E-state index in [1.54, 1.807) is 29.2 Å². The normalized spacial score (nSPS) is 18.3. The molecule has 136 valence electrons. The lowest BCUT2D eigenvalue weighted by molar-refractivity contribution is 0.0486. The van der Waals surface area contributed by atoms with Crippen LogP contribution in [0, 0.1) is 0 Å².